The SMILES string of the molecule is COc1ccc2c(c1)CC1(CC2)NC(C)(C)CS1. The van der Waals surface area contributed by atoms with Crippen molar-refractivity contribution < 1.29 is 4.74 Å². The molecule has 0 radical (unpaired) electrons. The predicted octanol–water partition coefficient (Wildman–Crippen LogP) is 3.00. The summed E-state index contributed by atoms with van der Waals surface area (Å²) in [6, 6.07) is 6.52. The van der Waals surface area contributed by atoms with Crippen molar-refractivity contribution in [1.29, 1.82) is 0 Å². The molecule has 3 rings (SSSR count). The van der Waals surface area contributed by atoms with Crippen molar-refractivity contribution in [3.05, 3.63) is 29.3 Å². The number of rotatable bonds is 1. The second-order valence-electron chi connectivity index (χ2n) is 6.10. The fourth-order valence-corrected chi connectivity index (χ4v) is 4.67. The number of ether oxygens (including phenoxy) is 1. The highest BCUT2D eigenvalue weighted by Gasteiger charge is 2.44. The summed E-state index contributed by atoms with van der Waals surface area (Å²) in [6.45, 7) is 4.60. The lowest BCUT2D eigenvalue weighted by molar-refractivity contribution is 0.336. The van der Waals surface area contributed by atoms with Crippen LogP contribution in [0, 0.1) is 0 Å². The molecule has 18 heavy (non-hydrogen) atoms. The number of hydrogen-bond donors (Lipinski definition) is 1. The van der Waals surface area contributed by atoms with Crippen molar-refractivity contribution in [2.45, 2.75) is 43.5 Å². The molecular formula is C15H21NOS. The van der Waals surface area contributed by atoms with Crippen LogP contribution in [0.5, 0.6) is 5.75 Å². The van der Waals surface area contributed by atoms with E-state index in [1.54, 1.807) is 7.11 Å². The van der Waals surface area contributed by atoms with Crippen LogP contribution >= 0.6 is 11.8 Å². The summed E-state index contributed by atoms with van der Waals surface area (Å²) >= 11 is 2.10. The van der Waals surface area contributed by atoms with Crippen molar-refractivity contribution in [2.75, 3.05) is 12.9 Å². The lowest BCUT2D eigenvalue weighted by Crippen LogP contribution is -2.50. The first-order chi connectivity index (χ1) is 8.52. The predicted molar refractivity (Wildman–Crippen MR) is 77.4 cm³/mol. The Morgan fingerprint density at radius 2 is 2.11 bits per heavy atom. The molecule has 1 atom stereocenters. The summed E-state index contributed by atoms with van der Waals surface area (Å²) in [6.07, 6.45) is 3.53. The van der Waals surface area contributed by atoms with E-state index in [2.05, 4.69) is 49.1 Å². The summed E-state index contributed by atoms with van der Waals surface area (Å²) in [5.41, 5.74) is 3.22. The van der Waals surface area contributed by atoms with Crippen LogP contribution in [0.3, 0.4) is 0 Å². The lowest BCUT2D eigenvalue weighted by atomic mass is 9.86. The first-order valence-electron chi connectivity index (χ1n) is 6.61. The van der Waals surface area contributed by atoms with Gasteiger partial charge in [0.1, 0.15) is 5.75 Å². The highest BCUT2D eigenvalue weighted by Crippen LogP contribution is 2.44. The van der Waals surface area contributed by atoms with Crippen LogP contribution in [0.1, 0.15) is 31.4 Å². The maximum atomic E-state index is 5.35. The van der Waals surface area contributed by atoms with Crippen molar-refractivity contribution in [2.24, 2.45) is 0 Å². The quantitative estimate of drug-likeness (QED) is 0.841. The zero-order valence-corrected chi connectivity index (χ0v) is 12.2. The molecule has 98 valence electrons. The molecule has 0 bridgehead atoms. The van der Waals surface area contributed by atoms with E-state index in [1.807, 2.05) is 0 Å². The van der Waals surface area contributed by atoms with Gasteiger partial charge < -0.3 is 4.74 Å². The third kappa shape index (κ3) is 2.14. The Labute approximate surface area is 113 Å². The van der Waals surface area contributed by atoms with Crippen LogP contribution in [0.25, 0.3) is 0 Å². The van der Waals surface area contributed by atoms with E-state index in [4.69, 9.17) is 4.74 Å². The number of methoxy groups -OCH3 is 1. The molecule has 1 spiro atoms. The van der Waals surface area contributed by atoms with E-state index in [0.29, 0.717) is 0 Å². The topological polar surface area (TPSA) is 21.3 Å². The van der Waals surface area contributed by atoms with Crippen molar-refractivity contribution in [1.82, 2.24) is 5.32 Å². The molecule has 1 N–H and O–H groups in total. The molecule has 0 saturated carbocycles. The van der Waals surface area contributed by atoms with Crippen molar-refractivity contribution in [3.63, 3.8) is 0 Å². The lowest BCUT2D eigenvalue weighted by Gasteiger charge is -2.36. The zero-order chi connectivity index (χ0) is 12.8. The standard InChI is InChI=1S/C15H21NOS/c1-14(2)10-18-15(16-14)7-6-11-4-5-13(17-3)8-12(11)9-15/h4-5,8,16H,6-7,9-10H2,1-3H3. The fraction of sp³-hybridized carbons (Fsp3) is 0.600. The average Bonchev–Trinajstić information content (AvgIpc) is 2.64. The molecule has 1 fully saturated rings. The van der Waals surface area contributed by atoms with E-state index in [1.165, 1.54) is 29.7 Å². The minimum absolute atomic E-state index is 0.253. The Hall–Kier alpha value is -0.670. The van der Waals surface area contributed by atoms with Crippen LogP contribution < -0.4 is 10.1 Å². The molecule has 0 aromatic heterocycles. The normalized spacial score (nSPS) is 29.3. The maximum Gasteiger partial charge on any atom is 0.119 e. The molecule has 3 heteroatoms. The van der Waals surface area contributed by atoms with E-state index in [-0.39, 0.29) is 10.4 Å². The Bertz CT molecular complexity index is 472. The number of nitrogens with one attached hydrogen (secondary N) is 1. The summed E-state index contributed by atoms with van der Waals surface area (Å²) in [5, 5.41) is 3.85. The third-order valence-electron chi connectivity index (χ3n) is 3.96. The van der Waals surface area contributed by atoms with Crippen LogP contribution in [0.4, 0.5) is 0 Å². The molecule has 1 unspecified atom stereocenters. The molecule has 2 nitrogen and oxygen atoms in total. The average molecular weight is 263 g/mol. The number of fused-ring (bicyclic) bond motifs is 1. The molecule has 2 aliphatic rings. The van der Waals surface area contributed by atoms with Gasteiger partial charge in [-0.3, -0.25) is 5.32 Å². The minimum Gasteiger partial charge on any atom is -0.497 e. The van der Waals surface area contributed by atoms with Gasteiger partial charge in [0.05, 0.1) is 12.0 Å². The van der Waals surface area contributed by atoms with Crippen LogP contribution in [-0.2, 0) is 12.8 Å². The van der Waals surface area contributed by atoms with Gasteiger partial charge in [-0.15, -0.1) is 11.8 Å². The van der Waals surface area contributed by atoms with Crippen LogP contribution in [0.15, 0.2) is 18.2 Å². The van der Waals surface area contributed by atoms with Gasteiger partial charge in [0, 0.05) is 17.7 Å². The van der Waals surface area contributed by atoms with E-state index in [9.17, 15) is 0 Å². The highest BCUT2D eigenvalue weighted by molar-refractivity contribution is 8.01. The van der Waals surface area contributed by atoms with Gasteiger partial charge >= 0.3 is 0 Å². The molecular weight excluding hydrogens is 242 g/mol. The molecule has 1 aliphatic heterocycles. The first kappa shape index (κ1) is 12.4. The molecule has 0 amide bonds. The molecule has 1 heterocycles. The number of thioether (sulfide) groups is 1. The van der Waals surface area contributed by atoms with Gasteiger partial charge in [-0.05, 0) is 49.9 Å². The van der Waals surface area contributed by atoms with Crippen LogP contribution in [0.2, 0.25) is 0 Å². The number of hydrogen-bond acceptors (Lipinski definition) is 3. The van der Waals surface area contributed by atoms with E-state index >= 15 is 0 Å². The van der Waals surface area contributed by atoms with Gasteiger partial charge in [-0.25, -0.2) is 0 Å². The Kier molecular flexibility index (Phi) is 2.87. The van der Waals surface area contributed by atoms with Crippen LogP contribution in [-0.4, -0.2) is 23.3 Å². The highest BCUT2D eigenvalue weighted by atomic mass is 32.2. The minimum atomic E-state index is 0.253. The van der Waals surface area contributed by atoms with Crippen molar-refractivity contribution in [3.8, 4) is 5.75 Å². The molecule has 1 aromatic rings. The number of benzene rings is 1. The van der Waals surface area contributed by atoms with Gasteiger partial charge in [-0.1, -0.05) is 6.07 Å². The second kappa shape index (κ2) is 4.17. The maximum absolute atomic E-state index is 5.35. The first-order valence-corrected chi connectivity index (χ1v) is 7.60. The Balaban J connectivity index is 1.88. The summed E-state index contributed by atoms with van der Waals surface area (Å²) < 4.78 is 5.35. The molecule has 1 saturated heterocycles. The Morgan fingerprint density at radius 3 is 2.78 bits per heavy atom. The smallest absolute Gasteiger partial charge is 0.119 e. The monoisotopic (exact) mass is 263 g/mol. The summed E-state index contributed by atoms with van der Waals surface area (Å²) in [4.78, 5) is 0.253. The summed E-state index contributed by atoms with van der Waals surface area (Å²) in [5.74, 6) is 2.18. The van der Waals surface area contributed by atoms with E-state index in [0.717, 1.165) is 12.2 Å². The zero-order valence-electron chi connectivity index (χ0n) is 11.4. The Morgan fingerprint density at radius 1 is 1.28 bits per heavy atom. The van der Waals surface area contributed by atoms with Gasteiger partial charge in [-0.2, -0.15) is 0 Å². The fourth-order valence-electron chi connectivity index (χ4n) is 3.11. The second-order valence-corrected chi connectivity index (χ2v) is 7.46. The van der Waals surface area contributed by atoms with Gasteiger partial charge in [0.15, 0.2) is 0 Å². The summed E-state index contributed by atoms with van der Waals surface area (Å²) in [7, 11) is 1.74. The van der Waals surface area contributed by atoms with Gasteiger partial charge in [0.25, 0.3) is 0 Å². The third-order valence-corrected chi connectivity index (χ3v) is 5.83. The van der Waals surface area contributed by atoms with E-state index < -0.39 is 0 Å². The molecule has 1 aromatic carbocycles. The van der Waals surface area contributed by atoms with Crippen molar-refractivity contribution >= 4 is 11.8 Å². The molecule has 1 aliphatic carbocycles. The largest absolute Gasteiger partial charge is 0.497 e. The van der Waals surface area contributed by atoms with Gasteiger partial charge in [0.2, 0.25) is 0 Å². The number of aryl methyl sites for hydroxylation is 1.